The van der Waals surface area contributed by atoms with E-state index in [4.69, 9.17) is 0 Å². The fourth-order valence-electron chi connectivity index (χ4n) is 1.55. The van der Waals surface area contributed by atoms with Crippen LogP contribution >= 0.6 is 0 Å². The van der Waals surface area contributed by atoms with E-state index in [-0.39, 0.29) is 18.0 Å². The molecule has 1 aromatic carbocycles. The third-order valence-corrected chi connectivity index (χ3v) is 2.77. The molecule has 1 unspecified atom stereocenters. The van der Waals surface area contributed by atoms with Crippen LogP contribution in [0.2, 0.25) is 0 Å². The minimum atomic E-state index is -1.34. The Morgan fingerprint density at radius 1 is 1.33 bits per heavy atom. The fraction of sp³-hybridized carbons (Fsp3) is 0.267. The largest absolute Gasteiger partial charge is 0.295 e. The van der Waals surface area contributed by atoms with Crippen LogP contribution in [0, 0.1) is 16.7 Å². The van der Waals surface area contributed by atoms with Crippen LogP contribution in [0.1, 0.15) is 30.6 Å². The Labute approximate surface area is 107 Å². The highest BCUT2D eigenvalue weighted by molar-refractivity contribution is 6.06. The van der Waals surface area contributed by atoms with Crippen molar-refractivity contribution in [3.8, 4) is 6.07 Å². The second-order valence-corrected chi connectivity index (χ2v) is 4.52. The number of nitriles is 1. The summed E-state index contributed by atoms with van der Waals surface area (Å²) in [7, 11) is 0. The van der Waals surface area contributed by atoms with Crippen molar-refractivity contribution in [2.24, 2.45) is 5.41 Å². The third-order valence-electron chi connectivity index (χ3n) is 2.77. The van der Waals surface area contributed by atoms with Gasteiger partial charge in [-0.1, -0.05) is 36.9 Å². The second-order valence-electron chi connectivity index (χ2n) is 4.52. The van der Waals surface area contributed by atoms with Crippen LogP contribution in [0.3, 0.4) is 0 Å². The molecule has 0 aliphatic heterocycles. The molecule has 3 heteroatoms. The van der Waals surface area contributed by atoms with Crippen LogP contribution in [0.5, 0.6) is 0 Å². The Morgan fingerprint density at radius 2 is 1.89 bits per heavy atom. The molecule has 0 aliphatic carbocycles. The third kappa shape index (κ3) is 2.92. The Morgan fingerprint density at radius 3 is 2.33 bits per heavy atom. The second kappa shape index (κ2) is 5.42. The number of allylic oxidation sites excluding steroid dienone is 1. The molecule has 0 spiro atoms. The van der Waals surface area contributed by atoms with Gasteiger partial charge in [0, 0.05) is 12.0 Å². The SMILES string of the molecule is C=C(C)C(=O)CC(C)(C#N)C(=O)c1ccccc1. The van der Waals surface area contributed by atoms with Gasteiger partial charge in [-0.2, -0.15) is 5.26 Å². The standard InChI is InChI=1S/C15H15NO2/c1-11(2)13(17)9-15(3,10-16)14(18)12-7-5-4-6-8-12/h4-8H,1,9H2,2-3H3. The highest BCUT2D eigenvalue weighted by atomic mass is 16.1. The maximum Gasteiger partial charge on any atom is 0.183 e. The molecule has 0 aromatic heterocycles. The highest BCUT2D eigenvalue weighted by Gasteiger charge is 2.36. The lowest BCUT2D eigenvalue weighted by atomic mass is 9.78. The predicted molar refractivity (Wildman–Crippen MR) is 68.9 cm³/mol. The molecule has 1 aromatic rings. The Balaban J connectivity index is 3.03. The van der Waals surface area contributed by atoms with Gasteiger partial charge in [0.2, 0.25) is 0 Å². The van der Waals surface area contributed by atoms with Gasteiger partial charge in [-0.25, -0.2) is 0 Å². The van der Waals surface area contributed by atoms with E-state index >= 15 is 0 Å². The topological polar surface area (TPSA) is 57.9 Å². The van der Waals surface area contributed by atoms with Crippen LogP contribution in [-0.2, 0) is 4.79 Å². The van der Waals surface area contributed by atoms with E-state index in [2.05, 4.69) is 6.58 Å². The van der Waals surface area contributed by atoms with E-state index in [1.54, 1.807) is 37.3 Å². The van der Waals surface area contributed by atoms with Gasteiger partial charge in [-0.15, -0.1) is 0 Å². The molecular formula is C15H15NO2. The summed E-state index contributed by atoms with van der Waals surface area (Å²) in [6.45, 7) is 6.60. The first-order valence-corrected chi connectivity index (χ1v) is 5.60. The summed E-state index contributed by atoms with van der Waals surface area (Å²) in [6.07, 6.45) is -0.132. The molecule has 0 bridgehead atoms. The molecule has 0 saturated carbocycles. The summed E-state index contributed by atoms with van der Waals surface area (Å²) in [5.74, 6) is -0.594. The minimum Gasteiger partial charge on any atom is -0.295 e. The number of benzene rings is 1. The average Bonchev–Trinajstić information content (AvgIpc) is 2.38. The summed E-state index contributed by atoms with van der Waals surface area (Å²) >= 11 is 0. The van der Waals surface area contributed by atoms with Gasteiger partial charge in [0.05, 0.1) is 6.07 Å². The maximum absolute atomic E-state index is 12.3. The predicted octanol–water partition coefficient (Wildman–Crippen LogP) is 2.93. The molecule has 3 nitrogen and oxygen atoms in total. The van der Waals surface area contributed by atoms with Gasteiger partial charge in [-0.05, 0) is 19.4 Å². The van der Waals surface area contributed by atoms with Crippen LogP contribution in [-0.4, -0.2) is 11.6 Å². The Bertz CT molecular complexity index is 525. The minimum absolute atomic E-state index is 0.132. The van der Waals surface area contributed by atoms with Crippen LogP contribution < -0.4 is 0 Å². The number of hydrogen-bond donors (Lipinski definition) is 0. The summed E-state index contributed by atoms with van der Waals surface area (Å²) in [5.41, 5.74) is -0.536. The molecule has 92 valence electrons. The molecule has 1 rings (SSSR count). The average molecular weight is 241 g/mol. The van der Waals surface area contributed by atoms with Crippen molar-refractivity contribution in [3.05, 3.63) is 48.0 Å². The van der Waals surface area contributed by atoms with Crippen molar-refractivity contribution in [3.63, 3.8) is 0 Å². The zero-order valence-electron chi connectivity index (χ0n) is 10.6. The van der Waals surface area contributed by atoms with E-state index in [9.17, 15) is 14.9 Å². The number of rotatable bonds is 5. The zero-order chi connectivity index (χ0) is 13.8. The lowest BCUT2D eigenvalue weighted by Gasteiger charge is -2.19. The van der Waals surface area contributed by atoms with E-state index in [0.29, 0.717) is 11.1 Å². The first-order chi connectivity index (χ1) is 8.40. The molecule has 0 saturated heterocycles. The van der Waals surface area contributed by atoms with Crippen molar-refractivity contribution in [2.75, 3.05) is 0 Å². The lowest BCUT2D eigenvalue weighted by Crippen LogP contribution is -2.29. The van der Waals surface area contributed by atoms with Gasteiger partial charge in [-0.3, -0.25) is 9.59 Å². The maximum atomic E-state index is 12.3. The number of carbonyl (C=O) groups is 2. The van der Waals surface area contributed by atoms with Crippen molar-refractivity contribution >= 4 is 11.6 Å². The zero-order valence-corrected chi connectivity index (χ0v) is 10.6. The number of Topliss-reactive ketones (excluding diaryl/α,β-unsaturated/α-hetero) is 2. The molecule has 0 heterocycles. The number of hydrogen-bond acceptors (Lipinski definition) is 3. The van der Waals surface area contributed by atoms with Crippen molar-refractivity contribution in [1.29, 1.82) is 5.26 Å². The van der Waals surface area contributed by atoms with Gasteiger partial charge in [0.15, 0.2) is 11.6 Å². The molecular weight excluding hydrogens is 226 g/mol. The van der Waals surface area contributed by atoms with Crippen molar-refractivity contribution in [1.82, 2.24) is 0 Å². The molecule has 0 amide bonds. The Hall–Kier alpha value is -2.21. The van der Waals surface area contributed by atoms with E-state index < -0.39 is 5.41 Å². The van der Waals surface area contributed by atoms with Gasteiger partial charge in [0.25, 0.3) is 0 Å². The Kier molecular flexibility index (Phi) is 4.17. The van der Waals surface area contributed by atoms with Gasteiger partial charge < -0.3 is 0 Å². The molecule has 0 N–H and O–H groups in total. The molecule has 0 aliphatic rings. The lowest BCUT2D eigenvalue weighted by molar-refractivity contribution is -0.116. The first kappa shape index (κ1) is 13.9. The van der Waals surface area contributed by atoms with Crippen molar-refractivity contribution < 1.29 is 9.59 Å². The molecule has 0 radical (unpaired) electrons. The van der Waals surface area contributed by atoms with Gasteiger partial charge in [0.1, 0.15) is 5.41 Å². The fourth-order valence-corrected chi connectivity index (χ4v) is 1.55. The van der Waals surface area contributed by atoms with E-state index in [0.717, 1.165) is 0 Å². The first-order valence-electron chi connectivity index (χ1n) is 5.60. The highest BCUT2D eigenvalue weighted by Crippen LogP contribution is 2.27. The van der Waals surface area contributed by atoms with E-state index in [1.165, 1.54) is 6.92 Å². The van der Waals surface area contributed by atoms with Crippen molar-refractivity contribution in [2.45, 2.75) is 20.3 Å². The monoisotopic (exact) mass is 241 g/mol. The van der Waals surface area contributed by atoms with Gasteiger partial charge >= 0.3 is 0 Å². The molecule has 18 heavy (non-hydrogen) atoms. The van der Waals surface area contributed by atoms with Crippen LogP contribution in [0.4, 0.5) is 0 Å². The van der Waals surface area contributed by atoms with Crippen LogP contribution in [0.15, 0.2) is 42.5 Å². The van der Waals surface area contributed by atoms with E-state index in [1.807, 2.05) is 6.07 Å². The number of carbonyl (C=O) groups excluding carboxylic acids is 2. The summed E-state index contributed by atoms with van der Waals surface area (Å²) in [4.78, 5) is 23.9. The summed E-state index contributed by atoms with van der Waals surface area (Å²) in [6, 6.07) is 10.5. The molecule has 0 fully saturated rings. The normalized spacial score (nSPS) is 13.2. The smallest absolute Gasteiger partial charge is 0.183 e. The number of ketones is 2. The quantitative estimate of drug-likeness (QED) is 0.588. The number of nitrogens with zero attached hydrogens (tertiary/aromatic N) is 1. The molecule has 1 atom stereocenters. The summed E-state index contributed by atoms with van der Waals surface area (Å²) < 4.78 is 0. The summed E-state index contributed by atoms with van der Waals surface area (Å²) in [5, 5.41) is 9.19. The van der Waals surface area contributed by atoms with Crippen LogP contribution in [0.25, 0.3) is 0 Å².